The topological polar surface area (TPSA) is 86.6 Å². The first-order valence-corrected chi connectivity index (χ1v) is 14.2. The predicted octanol–water partition coefficient (Wildman–Crippen LogP) is 5.04. The van der Waals surface area contributed by atoms with Gasteiger partial charge in [0, 0.05) is 0 Å². The molecule has 4 aromatic carbocycles. The van der Waals surface area contributed by atoms with Crippen molar-refractivity contribution in [3.05, 3.63) is 144 Å². The summed E-state index contributed by atoms with van der Waals surface area (Å²) in [5, 5.41) is 22.1. The van der Waals surface area contributed by atoms with E-state index in [1.165, 1.54) is 0 Å². The Kier molecular flexibility index (Phi) is 10.9. The molecule has 220 valence electrons. The van der Waals surface area contributed by atoms with Gasteiger partial charge < -0.3 is 33.9 Å². The zero-order valence-corrected chi connectivity index (χ0v) is 23.5. The summed E-state index contributed by atoms with van der Waals surface area (Å²) in [4.78, 5) is 0. The summed E-state index contributed by atoms with van der Waals surface area (Å²) in [7, 11) is 0. The van der Waals surface area contributed by atoms with Crippen molar-refractivity contribution in [3.8, 4) is 0 Å². The lowest BCUT2D eigenvalue weighted by Gasteiger charge is -2.49. The summed E-state index contributed by atoms with van der Waals surface area (Å²) in [6.45, 7) is 0.487. The Bertz CT molecular complexity index is 1310. The fraction of sp³-hybridized carbons (Fsp3) is 0.314. The molecule has 0 saturated carbocycles. The Labute approximate surface area is 247 Å². The van der Waals surface area contributed by atoms with E-state index in [9.17, 15) is 10.2 Å². The number of hydrogen-bond donors (Lipinski definition) is 2. The third-order valence-electron chi connectivity index (χ3n) is 7.25. The van der Waals surface area contributed by atoms with Gasteiger partial charge in [0.15, 0.2) is 0 Å². The maximum Gasteiger partial charge on any atom is 0.219 e. The van der Waals surface area contributed by atoms with Crippen molar-refractivity contribution < 1.29 is 33.9 Å². The lowest BCUT2D eigenvalue weighted by atomic mass is 9.91. The maximum atomic E-state index is 11.7. The van der Waals surface area contributed by atoms with E-state index in [0.29, 0.717) is 6.61 Å². The van der Waals surface area contributed by atoms with Crippen molar-refractivity contribution in [1.29, 1.82) is 0 Å². The molecule has 7 heteroatoms. The van der Waals surface area contributed by atoms with Gasteiger partial charge in [-0.25, -0.2) is 0 Å². The minimum atomic E-state index is -2.05. The second-order valence-electron chi connectivity index (χ2n) is 10.4. The molecule has 0 spiro atoms. The van der Waals surface area contributed by atoms with Gasteiger partial charge in [-0.15, -0.1) is 0 Å². The molecular formula is C35H38O7. The van der Waals surface area contributed by atoms with Crippen LogP contribution in [0.5, 0.6) is 0 Å². The Morgan fingerprint density at radius 2 is 0.952 bits per heavy atom. The van der Waals surface area contributed by atoms with Gasteiger partial charge in [-0.3, -0.25) is 0 Å². The van der Waals surface area contributed by atoms with E-state index in [0.717, 1.165) is 22.3 Å². The van der Waals surface area contributed by atoms with Gasteiger partial charge in [-0.1, -0.05) is 121 Å². The van der Waals surface area contributed by atoms with E-state index >= 15 is 0 Å². The molecule has 1 heterocycles. The van der Waals surface area contributed by atoms with Crippen molar-refractivity contribution in [2.24, 2.45) is 0 Å². The van der Waals surface area contributed by atoms with Gasteiger partial charge in [0.25, 0.3) is 0 Å². The number of aliphatic hydroxyl groups excluding tert-OH is 1. The van der Waals surface area contributed by atoms with Crippen molar-refractivity contribution >= 4 is 0 Å². The number of rotatable bonds is 14. The molecule has 1 aliphatic rings. The van der Waals surface area contributed by atoms with Gasteiger partial charge in [-0.05, 0) is 22.3 Å². The zero-order chi connectivity index (χ0) is 29.0. The van der Waals surface area contributed by atoms with Crippen molar-refractivity contribution in [1.82, 2.24) is 0 Å². The second-order valence-corrected chi connectivity index (χ2v) is 10.4. The summed E-state index contributed by atoms with van der Waals surface area (Å²) in [5.74, 6) is -2.05. The molecule has 0 radical (unpaired) electrons. The lowest BCUT2D eigenvalue weighted by molar-refractivity contribution is -0.377. The molecule has 5 atom stereocenters. The number of aliphatic hydroxyl groups is 2. The lowest BCUT2D eigenvalue weighted by Crippen LogP contribution is -2.68. The third kappa shape index (κ3) is 8.12. The molecule has 42 heavy (non-hydrogen) atoms. The highest BCUT2D eigenvalue weighted by atomic mass is 16.7. The molecule has 0 aliphatic carbocycles. The van der Waals surface area contributed by atoms with Crippen LogP contribution in [0.15, 0.2) is 121 Å². The zero-order valence-electron chi connectivity index (χ0n) is 23.5. The highest BCUT2D eigenvalue weighted by Gasteiger charge is 2.56. The maximum absolute atomic E-state index is 11.7. The molecule has 1 saturated heterocycles. The van der Waals surface area contributed by atoms with Gasteiger partial charge in [0.2, 0.25) is 5.79 Å². The Balaban J connectivity index is 1.42. The summed E-state index contributed by atoms with van der Waals surface area (Å²) >= 11 is 0. The van der Waals surface area contributed by atoms with Gasteiger partial charge in [-0.2, -0.15) is 0 Å². The molecule has 0 unspecified atom stereocenters. The van der Waals surface area contributed by atoms with Crippen molar-refractivity contribution in [2.45, 2.75) is 56.6 Å². The van der Waals surface area contributed by atoms with Crippen LogP contribution in [0.1, 0.15) is 22.3 Å². The van der Waals surface area contributed by atoms with Crippen LogP contribution in [0.25, 0.3) is 0 Å². The van der Waals surface area contributed by atoms with E-state index in [1.807, 2.05) is 121 Å². The predicted molar refractivity (Wildman–Crippen MR) is 158 cm³/mol. The van der Waals surface area contributed by atoms with Crippen LogP contribution in [0.4, 0.5) is 0 Å². The summed E-state index contributed by atoms with van der Waals surface area (Å²) in [6, 6.07) is 39.1. The molecule has 5 rings (SSSR count). The number of hydrogen-bond acceptors (Lipinski definition) is 7. The first kappa shape index (κ1) is 30.1. The first-order valence-electron chi connectivity index (χ1n) is 14.2. The Morgan fingerprint density at radius 1 is 0.548 bits per heavy atom. The van der Waals surface area contributed by atoms with E-state index in [1.54, 1.807) is 0 Å². The van der Waals surface area contributed by atoms with E-state index in [2.05, 4.69) is 0 Å². The van der Waals surface area contributed by atoms with E-state index in [4.69, 9.17) is 23.7 Å². The SMILES string of the molecule is OC[C@]1(O)O[C@H](COCc2ccccc2)[C@@H](OCc2ccccc2)[C@H](OCc2ccccc2)[C@H]1OCc1ccccc1. The van der Waals surface area contributed by atoms with Crippen molar-refractivity contribution in [2.75, 3.05) is 13.2 Å². The average molecular weight is 571 g/mol. The molecule has 1 fully saturated rings. The smallest absolute Gasteiger partial charge is 0.219 e. The third-order valence-corrected chi connectivity index (χ3v) is 7.25. The van der Waals surface area contributed by atoms with E-state index < -0.39 is 36.8 Å². The quantitative estimate of drug-likeness (QED) is 0.220. The fourth-order valence-electron chi connectivity index (χ4n) is 5.06. The van der Waals surface area contributed by atoms with Crippen LogP contribution < -0.4 is 0 Å². The first-order chi connectivity index (χ1) is 20.6. The Hall–Kier alpha value is -3.40. The van der Waals surface area contributed by atoms with Gasteiger partial charge >= 0.3 is 0 Å². The molecule has 1 aliphatic heterocycles. The van der Waals surface area contributed by atoms with Crippen LogP contribution in [0, 0.1) is 0 Å². The summed E-state index contributed by atoms with van der Waals surface area (Å²) in [6.07, 6.45) is -3.30. The molecule has 0 aromatic heterocycles. The Morgan fingerprint density at radius 3 is 1.40 bits per heavy atom. The molecule has 0 bridgehead atoms. The standard InChI is InChI=1S/C35H38O7/c36-26-35(37)34(41-24-30-19-11-4-12-20-30)33(40-23-29-17-9-3-10-18-29)32(39-22-28-15-7-2-8-16-28)31(42-35)25-38-21-27-13-5-1-6-14-27/h1-20,31-34,36-37H,21-26H2/t31-,32-,33+,34-,35+/m1/s1. The van der Waals surface area contributed by atoms with Crippen LogP contribution in [0.3, 0.4) is 0 Å². The fourth-order valence-corrected chi connectivity index (χ4v) is 5.06. The normalized spacial score (nSPS) is 24.0. The van der Waals surface area contributed by atoms with Crippen LogP contribution in [-0.4, -0.2) is 53.6 Å². The largest absolute Gasteiger partial charge is 0.391 e. The summed E-state index contributed by atoms with van der Waals surface area (Å²) in [5.41, 5.74) is 3.85. The van der Waals surface area contributed by atoms with E-state index in [-0.39, 0.29) is 26.4 Å². The molecule has 2 N–H and O–H groups in total. The average Bonchev–Trinajstić information content (AvgIpc) is 3.05. The van der Waals surface area contributed by atoms with Gasteiger partial charge in [0.1, 0.15) is 24.4 Å². The molecular weight excluding hydrogens is 532 g/mol. The molecule has 0 amide bonds. The van der Waals surface area contributed by atoms with Gasteiger partial charge in [0.05, 0.1) is 39.6 Å². The van der Waals surface area contributed by atoms with Crippen LogP contribution in [0.2, 0.25) is 0 Å². The number of ether oxygens (including phenoxy) is 5. The minimum absolute atomic E-state index is 0.104. The number of benzene rings is 4. The van der Waals surface area contributed by atoms with Crippen LogP contribution in [-0.2, 0) is 50.1 Å². The highest BCUT2D eigenvalue weighted by Crippen LogP contribution is 2.35. The molecule has 7 nitrogen and oxygen atoms in total. The molecule has 4 aromatic rings. The minimum Gasteiger partial charge on any atom is -0.391 e. The summed E-state index contributed by atoms with van der Waals surface area (Å²) < 4.78 is 31.6. The van der Waals surface area contributed by atoms with Crippen molar-refractivity contribution in [3.63, 3.8) is 0 Å². The van der Waals surface area contributed by atoms with Crippen LogP contribution >= 0.6 is 0 Å². The monoisotopic (exact) mass is 570 g/mol. The second kappa shape index (κ2) is 15.2. The highest BCUT2D eigenvalue weighted by molar-refractivity contribution is 5.16.